The Morgan fingerprint density at radius 3 is 2.88 bits per heavy atom. The lowest BCUT2D eigenvalue weighted by atomic mass is 9.80. The first kappa shape index (κ1) is 12.2. The van der Waals surface area contributed by atoms with Crippen LogP contribution in [0, 0.1) is 11.8 Å². The molecule has 0 radical (unpaired) electrons. The number of hydrogen-bond donors (Lipinski definition) is 1. The summed E-state index contributed by atoms with van der Waals surface area (Å²) in [7, 11) is 1.67. The molecule has 0 saturated heterocycles. The second-order valence-electron chi connectivity index (χ2n) is 5.21. The van der Waals surface area contributed by atoms with E-state index >= 15 is 0 Å². The highest BCUT2D eigenvalue weighted by atomic mass is 16.5. The molecule has 0 aromatic carbocycles. The minimum atomic E-state index is 0.546. The van der Waals surface area contributed by atoms with Gasteiger partial charge >= 0.3 is 0 Å². The molecule has 3 nitrogen and oxygen atoms in total. The molecule has 1 fully saturated rings. The van der Waals surface area contributed by atoms with E-state index < -0.39 is 0 Å². The van der Waals surface area contributed by atoms with E-state index in [4.69, 9.17) is 4.74 Å². The van der Waals surface area contributed by atoms with Gasteiger partial charge in [-0.1, -0.05) is 13.8 Å². The Balaban J connectivity index is 2.05. The molecule has 1 aromatic rings. The van der Waals surface area contributed by atoms with Gasteiger partial charge in [-0.3, -0.25) is 0 Å². The molecule has 1 N–H and O–H groups in total. The van der Waals surface area contributed by atoms with Crippen molar-refractivity contribution in [2.45, 2.75) is 39.2 Å². The molecule has 1 heterocycles. The number of nitrogens with zero attached hydrogens (tertiary/aromatic N) is 1. The maximum Gasteiger partial charge on any atom is 0.237 e. The fourth-order valence-electron chi connectivity index (χ4n) is 2.74. The maximum absolute atomic E-state index is 5.27. The van der Waals surface area contributed by atoms with E-state index in [1.165, 1.54) is 19.3 Å². The summed E-state index contributed by atoms with van der Waals surface area (Å²) in [6, 6.07) is 4.53. The van der Waals surface area contributed by atoms with Crippen LogP contribution in [0.2, 0.25) is 0 Å². The van der Waals surface area contributed by atoms with Gasteiger partial charge in [0.2, 0.25) is 5.88 Å². The molecule has 1 aliphatic carbocycles. The van der Waals surface area contributed by atoms with E-state index in [0.29, 0.717) is 17.8 Å². The average molecular weight is 234 g/mol. The summed E-state index contributed by atoms with van der Waals surface area (Å²) in [6.45, 7) is 4.67. The first-order valence-electron chi connectivity index (χ1n) is 6.46. The highest BCUT2D eigenvalue weighted by molar-refractivity contribution is 5.52. The topological polar surface area (TPSA) is 34.1 Å². The van der Waals surface area contributed by atoms with E-state index in [-0.39, 0.29) is 0 Å². The molecular formula is C14H22N2O. The zero-order valence-corrected chi connectivity index (χ0v) is 10.9. The summed E-state index contributed by atoms with van der Waals surface area (Å²) < 4.78 is 5.27. The average Bonchev–Trinajstić information content (AvgIpc) is 2.33. The molecule has 0 spiro atoms. The number of aromatic nitrogens is 1. The monoisotopic (exact) mass is 234 g/mol. The molecule has 1 aliphatic rings. The van der Waals surface area contributed by atoms with Gasteiger partial charge in [-0.15, -0.1) is 0 Å². The number of hydrogen-bond acceptors (Lipinski definition) is 3. The van der Waals surface area contributed by atoms with Crippen LogP contribution in [0.15, 0.2) is 18.3 Å². The minimum Gasteiger partial charge on any atom is -0.480 e. The van der Waals surface area contributed by atoms with Crippen molar-refractivity contribution in [1.82, 2.24) is 4.98 Å². The number of anilines is 1. The lowest BCUT2D eigenvalue weighted by molar-refractivity contribution is 0.276. The van der Waals surface area contributed by atoms with Crippen LogP contribution in [0.4, 0.5) is 5.69 Å². The molecule has 3 atom stereocenters. The number of methoxy groups -OCH3 is 1. The maximum atomic E-state index is 5.27. The number of ether oxygens (including phenoxy) is 1. The van der Waals surface area contributed by atoms with Crippen LogP contribution in [-0.4, -0.2) is 18.1 Å². The summed E-state index contributed by atoms with van der Waals surface area (Å²) in [5, 5.41) is 3.58. The second kappa shape index (κ2) is 5.39. The summed E-state index contributed by atoms with van der Waals surface area (Å²) in [5.74, 6) is 2.26. The fraction of sp³-hybridized carbons (Fsp3) is 0.643. The fourth-order valence-corrected chi connectivity index (χ4v) is 2.74. The molecular weight excluding hydrogens is 212 g/mol. The van der Waals surface area contributed by atoms with Gasteiger partial charge in [0.1, 0.15) is 0 Å². The van der Waals surface area contributed by atoms with E-state index in [9.17, 15) is 0 Å². The van der Waals surface area contributed by atoms with Crippen molar-refractivity contribution < 1.29 is 4.74 Å². The second-order valence-corrected chi connectivity index (χ2v) is 5.21. The molecule has 0 bridgehead atoms. The van der Waals surface area contributed by atoms with Crippen molar-refractivity contribution in [1.29, 1.82) is 0 Å². The van der Waals surface area contributed by atoms with Crippen molar-refractivity contribution in [2.75, 3.05) is 12.4 Å². The number of rotatable bonds is 3. The molecule has 0 amide bonds. The van der Waals surface area contributed by atoms with Crippen molar-refractivity contribution in [3.05, 3.63) is 18.3 Å². The number of nitrogens with one attached hydrogen (secondary N) is 1. The lowest BCUT2D eigenvalue weighted by Gasteiger charge is -2.33. The van der Waals surface area contributed by atoms with Gasteiger partial charge in [-0.05, 0) is 43.2 Å². The molecule has 17 heavy (non-hydrogen) atoms. The predicted octanol–water partition coefficient (Wildman–Crippen LogP) is 3.33. The molecule has 3 unspecified atom stereocenters. The van der Waals surface area contributed by atoms with Crippen molar-refractivity contribution in [3.63, 3.8) is 0 Å². The van der Waals surface area contributed by atoms with E-state index in [1.54, 1.807) is 13.3 Å². The summed E-state index contributed by atoms with van der Waals surface area (Å²) in [6.07, 6.45) is 5.61. The SMILES string of the molecule is COc1ncccc1NC1CCC(C)CC1C. The van der Waals surface area contributed by atoms with Crippen LogP contribution in [-0.2, 0) is 0 Å². The lowest BCUT2D eigenvalue weighted by Crippen LogP contribution is -2.33. The van der Waals surface area contributed by atoms with Crippen molar-refractivity contribution >= 4 is 5.69 Å². The van der Waals surface area contributed by atoms with Crippen LogP contribution in [0.1, 0.15) is 33.1 Å². The largest absolute Gasteiger partial charge is 0.480 e. The molecule has 3 heteroatoms. The highest BCUT2D eigenvalue weighted by Crippen LogP contribution is 2.32. The predicted molar refractivity (Wildman–Crippen MR) is 70.4 cm³/mol. The zero-order chi connectivity index (χ0) is 12.3. The van der Waals surface area contributed by atoms with Crippen molar-refractivity contribution in [2.24, 2.45) is 11.8 Å². The van der Waals surface area contributed by atoms with Crippen LogP contribution in [0.3, 0.4) is 0 Å². The normalized spacial score (nSPS) is 28.8. The molecule has 1 aromatic heterocycles. The first-order chi connectivity index (χ1) is 8.20. The van der Waals surface area contributed by atoms with E-state index in [0.717, 1.165) is 11.6 Å². The van der Waals surface area contributed by atoms with Gasteiger partial charge < -0.3 is 10.1 Å². The Labute approximate surface area is 104 Å². The number of pyridine rings is 1. The standard InChI is InChI=1S/C14H22N2O/c1-10-6-7-12(11(2)9-10)16-13-5-4-8-15-14(13)17-3/h4-5,8,10-12,16H,6-7,9H2,1-3H3. The van der Waals surface area contributed by atoms with Crippen LogP contribution >= 0.6 is 0 Å². The quantitative estimate of drug-likeness (QED) is 0.871. The van der Waals surface area contributed by atoms with Crippen LogP contribution in [0.25, 0.3) is 0 Å². The Hall–Kier alpha value is -1.25. The van der Waals surface area contributed by atoms with Gasteiger partial charge in [0.25, 0.3) is 0 Å². The Bertz CT molecular complexity index is 367. The summed E-state index contributed by atoms with van der Waals surface area (Å²) in [4.78, 5) is 4.22. The Kier molecular flexibility index (Phi) is 3.87. The van der Waals surface area contributed by atoms with Gasteiger partial charge in [-0.25, -0.2) is 4.98 Å². The summed E-state index contributed by atoms with van der Waals surface area (Å²) >= 11 is 0. The third kappa shape index (κ3) is 2.90. The highest BCUT2D eigenvalue weighted by Gasteiger charge is 2.25. The van der Waals surface area contributed by atoms with E-state index in [1.807, 2.05) is 12.1 Å². The molecule has 94 valence electrons. The van der Waals surface area contributed by atoms with E-state index in [2.05, 4.69) is 24.1 Å². The van der Waals surface area contributed by atoms with Crippen molar-refractivity contribution in [3.8, 4) is 5.88 Å². The molecule has 2 rings (SSSR count). The van der Waals surface area contributed by atoms with Gasteiger partial charge in [0, 0.05) is 12.2 Å². The zero-order valence-electron chi connectivity index (χ0n) is 10.9. The smallest absolute Gasteiger partial charge is 0.237 e. The third-order valence-electron chi connectivity index (χ3n) is 3.74. The van der Waals surface area contributed by atoms with Crippen LogP contribution in [0.5, 0.6) is 5.88 Å². The van der Waals surface area contributed by atoms with Crippen LogP contribution < -0.4 is 10.1 Å². The van der Waals surface area contributed by atoms with Gasteiger partial charge in [-0.2, -0.15) is 0 Å². The molecule has 1 saturated carbocycles. The summed E-state index contributed by atoms with van der Waals surface area (Å²) in [5.41, 5.74) is 1.02. The third-order valence-corrected chi connectivity index (χ3v) is 3.74. The minimum absolute atomic E-state index is 0.546. The molecule has 0 aliphatic heterocycles. The van der Waals surface area contributed by atoms with Gasteiger partial charge in [0.15, 0.2) is 0 Å². The Morgan fingerprint density at radius 2 is 2.18 bits per heavy atom. The Morgan fingerprint density at radius 1 is 1.35 bits per heavy atom. The van der Waals surface area contributed by atoms with Gasteiger partial charge in [0.05, 0.1) is 12.8 Å². The first-order valence-corrected chi connectivity index (χ1v) is 6.46.